The molecule has 0 saturated heterocycles. The smallest absolute Gasteiger partial charge is 0.275 e. The molecule has 3 heterocycles. The number of carbonyl (C=O) groups is 1. The summed E-state index contributed by atoms with van der Waals surface area (Å²) in [6, 6.07) is 9.00. The molecule has 0 aliphatic carbocycles. The number of nitrogens with zero attached hydrogens (tertiary/aromatic N) is 6. The maximum absolute atomic E-state index is 12.6. The third-order valence-electron chi connectivity index (χ3n) is 4.77. The number of anilines is 1. The highest BCUT2D eigenvalue weighted by Crippen LogP contribution is 2.19. The Hall–Kier alpha value is -3.75. The van der Waals surface area contributed by atoms with Gasteiger partial charge in [0.25, 0.3) is 5.56 Å². The second-order valence-corrected chi connectivity index (χ2v) is 7.07. The van der Waals surface area contributed by atoms with E-state index in [1.807, 2.05) is 38.1 Å². The van der Waals surface area contributed by atoms with Gasteiger partial charge >= 0.3 is 0 Å². The van der Waals surface area contributed by atoms with E-state index < -0.39 is 0 Å². The Balaban J connectivity index is 1.73. The molecule has 29 heavy (non-hydrogen) atoms. The van der Waals surface area contributed by atoms with Gasteiger partial charge in [0, 0.05) is 24.5 Å². The lowest BCUT2D eigenvalue weighted by atomic mass is 10.2. The van der Waals surface area contributed by atoms with Crippen LogP contribution in [0.4, 0.5) is 5.69 Å². The predicted octanol–water partition coefficient (Wildman–Crippen LogP) is 1.86. The van der Waals surface area contributed by atoms with Crippen LogP contribution in [0.15, 0.2) is 41.3 Å². The van der Waals surface area contributed by atoms with Gasteiger partial charge < -0.3 is 9.88 Å². The molecule has 0 spiro atoms. The average molecular weight is 391 g/mol. The van der Waals surface area contributed by atoms with Crippen molar-refractivity contribution in [3.63, 3.8) is 0 Å². The summed E-state index contributed by atoms with van der Waals surface area (Å²) >= 11 is 0. The SMILES string of the molecule is Cc1ccc(NC(=O)Cn2c(C)cc(=O)n3nc(-c4c(C)cnn4C)nc23)cc1. The fraction of sp³-hybridized carbons (Fsp3) is 0.250. The van der Waals surface area contributed by atoms with Crippen LogP contribution in [0.25, 0.3) is 17.3 Å². The molecule has 0 aliphatic heterocycles. The lowest BCUT2D eigenvalue weighted by Crippen LogP contribution is -2.25. The Morgan fingerprint density at radius 2 is 1.86 bits per heavy atom. The summed E-state index contributed by atoms with van der Waals surface area (Å²) in [6.45, 7) is 5.66. The van der Waals surface area contributed by atoms with Gasteiger partial charge in [0.05, 0.1) is 6.20 Å². The molecule has 9 nitrogen and oxygen atoms in total. The molecule has 0 fully saturated rings. The molecular weight excluding hydrogens is 370 g/mol. The molecule has 4 rings (SSSR count). The second kappa shape index (κ2) is 7.01. The maximum atomic E-state index is 12.6. The van der Waals surface area contributed by atoms with Gasteiger partial charge in [0.2, 0.25) is 17.5 Å². The van der Waals surface area contributed by atoms with Crippen molar-refractivity contribution in [3.05, 3.63) is 63.7 Å². The molecule has 0 unspecified atom stereocenters. The van der Waals surface area contributed by atoms with Gasteiger partial charge in [-0.2, -0.15) is 14.6 Å². The highest BCUT2D eigenvalue weighted by Gasteiger charge is 2.18. The van der Waals surface area contributed by atoms with Crippen LogP contribution in [0, 0.1) is 20.8 Å². The topological polar surface area (TPSA) is 99.1 Å². The Morgan fingerprint density at radius 3 is 2.52 bits per heavy atom. The lowest BCUT2D eigenvalue weighted by molar-refractivity contribution is -0.116. The van der Waals surface area contributed by atoms with Crippen molar-refractivity contribution in [2.24, 2.45) is 7.05 Å². The molecule has 4 aromatic rings. The number of aromatic nitrogens is 6. The Kier molecular flexibility index (Phi) is 4.50. The molecule has 1 N–H and O–H groups in total. The molecule has 9 heteroatoms. The largest absolute Gasteiger partial charge is 0.325 e. The van der Waals surface area contributed by atoms with Crippen LogP contribution in [0.5, 0.6) is 0 Å². The van der Waals surface area contributed by atoms with Gasteiger partial charge in [-0.25, -0.2) is 0 Å². The standard InChI is InChI=1S/C20H21N7O2/c1-12-5-7-15(8-6-12)22-16(28)11-26-14(3)9-17(29)27-20(26)23-19(24-27)18-13(2)10-21-25(18)4/h5-10H,11H2,1-4H3,(H,22,28). The van der Waals surface area contributed by atoms with Crippen LogP contribution >= 0.6 is 0 Å². The molecule has 3 aromatic heterocycles. The van der Waals surface area contributed by atoms with E-state index in [1.54, 1.807) is 29.4 Å². The first-order valence-corrected chi connectivity index (χ1v) is 9.16. The van der Waals surface area contributed by atoms with E-state index in [-0.39, 0.29) is 18.0 Å². The van der Waals surface area contributed by atoms with Crippen LogP contribution < -0.4 is 10.9 Å². The van der Waals surface area contributed by atoms with Gasteiger partial charge in [0.1, 0.15) is 12.2 Å². The minimum Gasteiger partial charge on any atom is -0.325 e. The van der Waals surface area contributed by atoms with Gasteiger partial charge in [-0.1, -0.05) is 17.7 Å². The number of carbonyl (C=O) groups excluding carboxylic acids is 1. The molecular formula is C20H21N7O2. The summed E-state index contributed by atoms with van der Waals surface area (Å²) < 4.78 is 4.55. The number of hydrogen-bond acceptors (Lipinski definition) is 5. The Morgan fingerprint density at radius 1 is 1.14 bits per heavy atom. The van der Waals surface area contributed by atoms with Crippen molar-refractivity contribution >= 4 is 17.4 Å². The molecule has 0 saturated carbocycles. The fourth-order valence-electron chi connectivity index (χ4n) is 3.25. The van der Waals surface area contributed by atoms with Gasteiger partial charge in [-0.15, -0.1) is 5.10 Å². The Labute approximate surface area is 166 Å². The van der Waals surface area contributed by atoms with E-state index >= 15 is 0 Å². The number of fused-ring (bicyclic) bond motifs is 1. The van der Waals surface area contributed by atoms with E-state index in [0.717, 1.165) is 16.8 Å². The third-order valence-corrected chi connectivity index (χ3v) is 4.77. The van der Waals surface area contributed by atoms with Crippen molar-refractivity contribution in [2.75, 3.05) is 5.32 Å². The number of amides is 1. The molecule has 0 bridgehead atoms. The monoisotopic (exact) mass is 391 g/mol. The lowest BCUT2D eigenvalue weighted by Gasteiger charge is -2.11. The van der Waals surface area contributed by atoms with Crippen molar-refractivity contribution in [1.82, 2.24) is 28.9 Å². The first-order valence-electron chi connectivity index (χ1n) is 9.16. The zero-order valence-corrected chi connectivity index (χ0v) is 16.7. The summed E-state index contributed by atoms with van der Waals surface area (Å²) in [7, 11) is 1.79. The zero-order chi connectivity index (χ0) is 20.7. The van der Waals surface area contributed by atoms with E-state index in [4.69, 9.17) is 0 Å². The number of hydrogen-bond donors (Lipinski definition) is 1. The highest BCUT2D eigenvalue weighted by atomic mass is 16.2. The van der Waals surface area contributed by atoms with Crippen molar-refractivity contribution in [1.29, 1.82) is 0 Å². The van der Waals surface area contributed by atoms with Gasteiger partial charge in [-0.3, -0.25) is 14.3 Å². The summed E-state index contributed by atoms with van der Waals surface area (Å²) in [5.41, 5.74) is 3.77. The molecule has 148 valence electrons. The van der Waals surface area contributed by atoms with E-state index in [0.29, 0.717) is 23.0 Å². The summed E-state index contributed by atoms with van der Waals surface area (Å²) in [6.07, 6.45) is 1.72. The Bertz CT molecular complexity index is 1260. The van der Waals surface area contributed by atoms with Crippen LogP contribution in [0.2, 0.25) is 0 Å². The summed E-state index contributed by atoms with van der Waals surface area (Å²) in [4.78, 5) is 29.6. The molecule has 1 aromatic carbocycles. The number of rotatable bonds is 4. The number of benzene rings is 1. The molecule has 0 atom stereocenters. The minimum absolute atomic E-state index is 0.00594. The van der Waals surface area contributed by atoms with E-state index in [9.17, 15) is 9.59 Å². The first kappa shape index (κ1) is 18.6. The van der Waals surface area contributed by atoms with Crippen molar-refractivity contribution < 1.29 is 4.79 Å². The van der Waals surface area contributed by atoms with Gasteiger partial charge in [0.15, 0.2) is 0 Å². The van der Waals surface area contributed by atoms with Crippen molar-refractivity contribution in [2.45, 2.75) is 27.3 Å². The minimum atomic E-state index is -0.300. The quantitative estimate of drug-likeness (QED) is 0.572. The first-order chi connectivity index (χ1) is 13.8. The summed E-state index contributed by atoms with van der Waals surface area (Å²) in [5, 5.41) is 11.4. The zero-order valence-electron chi connectivity index (χ0n) is 16.7. The third kappa shape index (κ3) is 3.42. The summed E-state index contributed by atoms with van der Waals surface area (Å²) in [5.74, 6) is 0.478. The number of nitrogens with one attached hydrogen (secondary N) is 1. The average Bonchev–Trinajstić information content (AvgIpc) is 3.24. The highest BCUT2D eigenvalue weighted by molar-refractivity contribution is 5.90. The van der Waals surface area contributed by atoms with E-state index in [2.05, 4.69) is 20.5 Å². The van der Waals surface area contributed by atoms with E-state index in [1.165, 1.54) is 10.6 Å². The number of aryl methyl sites for hydroxylation is 4. The molecule has 0 aliphatic rings. The van der Waals surface area contributed by atoms with Crippen LogP contribution in [-0.2, 0) is 18.4 Å². The van der Waals surface area contributed by atoms with Crippen LogP contribution in [0.3, 0.4) is 0 Å². The fourth-order valence-corrected chi connectivity index (χ4v) is 3.25. The van der Waals surface area contributed by atoms with Gasteiger partial charge in [-0.05, 0) is 38.5 Å². The molecule has 1 amide bonds. The maximum Gasteiger partial charge on any atom is 0.275 e. The van der Waals surface area contributed by atoms with Crippen LogP contribution in [0.1, 0.15) is 16.8 Å². The second-order valence-electron chi connectivity index (χ2n) is 7.07. The van der Waals surface area contributed by atoms with Crippen LogP contribution in [-0.4, -0.2) is 34.9 Å². The van der Waals surface area contributed by atoms with Crippen molar-refractivity contribution in [3.8, 4) is 11.5 Å². The molecule has 0 radical (unpaired) electrons. The normalized spacial score (nSPS) is 11.2. The predicted molar refractivity (Wildman–Crippen MR) is 109 cm³/mol.